The van der Waals surface area contributed by atoms with Gasteiger partial charge in [-0.1, -0.05) is 149 Å². The molecule has 0 saturated carbocycles. The minimum absolute atomic E-state index is 0.0643. The summed E-state index contributed by atoms with van der Waals surface area (Å²) < 4.78 is 6.08. The van der Waals surface area contributed by atoms with Crippen LogP contribution in [0.25, 0.3) is 44.2 Å². The fourth-order valence-corrected chi connectivity index (χ4v) is 7.07. The molecule has 0 spiro atoms. The Balaban J connectivity index is 0.000000690. The second kappa shape index (κ2) is 17.1. The third-order valence-electron chi connectivity index (χ3n) is 9.64. The van der Waals surface area contributed by atoms with E-state index in [9.17, 15) is 0 Å². The molecule has 1 heterocycles. The summed E-state index contributed by atoms with van der Waals surface area (Å²) in [5, 5.41) is 2.30. The molecule has 1 aliphatic carbocycles. The first-order chi connectivity index (χ1) is 25.3. The lowest BCUT2D eigenvalue weighted by atomic mass is 9.82. The molecule has 264 valence electrons. The highest BCUT2D eigenvalue weighted by molar-refractivity contribution is 6.06. The van der Waals surface area contributed by atoms with Gasteiger partial charge in [-0.2, -0.15) is 0 Å². The molecule has 0 unspecified atom stereocenters. The Hall–Kier alpha value is -5.60. The first kappa shape index (κ1) is 37.7. The topological polar surface area (TPSA) is 16.4 Å². The van der Waals surface area contributed by atoms with Gasteiger partial charge in [-0.05, 0) is 104 Å². The quantitative estimate of drug-likeness (QED) is 0.149. The second-order valence-electron chi connectivity index (χ2n) is 13.3. The van der Waals surface area contributed by atoms with Gasteiger partial charge in [-0.3, -0.25) is 0 Å². The Morgan fingerprint density at radius 1 is 0.673 bits per heavy atom. The predicted octanol–water partition coefficient (Wildman–Crippen LogP) is 15.3. The molecule has 1 aromatic heterocycles. The summed E-state index contributed by atoms with van der Waals surface area (Å²) in [6.45, 7) is 20.5. The van der Waals surface area contributed by atoms with Crippen LogP contribution in [0.5, 0.6) is 0 Å². The summed E-state index contributed by atoms with van der Waals surface area (Å²) in [4.78, 5) is 2.43. The van der Waals surface area contributed by atoms with Gasteiger partial charge in [0.05, 0.1) is 0 Å². The summed E-state index contributed by atoms with van der Waals surface area (Å²) in [7, 11) is 0. The van der Waals surface area contributed by atoms with E-state index in [1.807, 2.05) is 45.1 Å². The Labute approximate surface area is 311 Å². The van der Waals surface area contributed by atoms with Crippen molar-refractivity contribution in [1.82, 2.24) is 0 Å². The van der Waals surface area contributed by atoms with Crippen molar-refractivity contribution in [3.8, 4) is 22.3 Å². The fourth-order valence-electron chi connectivity index (χ4n) is 7.07. The zero-order valence-electron chi connectivity index (χ0n) is 32.2. The maximum Gasteiger partial charge on any atom is 0.135 e. The van der Waals surface area contributed by atoms with E-state index >= 15 is 0 Å². The van der Waals surface area contributed by atoms with Gasteiger partial charge in [0.1, 0.15) is 11.2 Å². The Kier molecular flexibility index (Phi) is 12.4. The molecule has 7 rings (SSSR count). The van der Waals surface area contributed by atoms with Gasteiger partial charge in [0.25, 0.3) is 0 Å². The van der Waals surface area contributed by atoms with Gasteiger partial charge in [-0.25, -0.2) is 0 Å². The van der Waals surface area contributed by atoms with Crippen LogP contribution in [0.1, 0.15) is 72.9 Å². The number of benzene rings is 5. The maximum absolute atomic E-state index is 6.08. The molecular weight excluding hydrogens is 631 g/mol. The highest BCUT2D eigenvalue weighted by atomic mass is 16.3. The molecule has 0 bridgehead atoms. The van der Waals surface area contributed by atoms with E-state index in [1.54, 1.807) is 6.08 Å². The summed E-state index contributed by atoms with van der Waals surface area (Å²) in [6, 6.07) is 39.6. The minimum atomic E-state index is -0.0643. The van der Waals surface area contributed by atoms with Crippen LogP contribution in [0, 0.1) is 0 Å². The molecule has 0 atom stereocenters. The van der Waals surface area contributed by atoms with Crippen LogP contribution in [-0.4, -0.2) is 0 Å². The summed E-state index contributed by atoms with van der Waals surface area (Å²) in [5.41, 5.74) is 14.5. The molecule has 0 N–H and O–H groups in total. The molecule has 52 heavy (non-hydrogen) atoms. The Morgan fingerprint density at radius 2 is 1.31 bits per heavy atom. The first-order valence-electron chi connectivity index (χ1n) is 18.5. The van der Waals surface area contributed by atoms with E-state index in [2.05, 4.69) is 167 Å². The van der Waals surface area contributed by atoms with Crippen molar-refractivity contribution in [3.63, 3.8) is 0 Å². The van der Waals surface area contributed by atoms with Crippen molar-refractivity contribution < 1.29 is 4.42 Å². The van der Waals surface area contributed by atoms with Crippen molar-refractivity contribution in [2.75, 3.05) is 4.90 Å². The zero-order chi connectivity index (χ0) is 37.3. The molecule has 0 aliphatic heterocycles. The predicted molar refractivity (Wildman–Crippen MR) is 229 cm³/mol. The maximum atomic E-state index is 6.08. The smallest absolute Gasteiger partial charge is 0.135 e. The lowest BCUT2D eigenvalue weighted by Crippen LogP contribution is -2.19. The fraction of sp³-hybridized carbons (Fsp3) is 0.200. The van der Waals surface area contributed by atoms with E-state index < -0.39 is 0 Å². The standard InChI is InChI=1S/C43H39NO.C5H8.C2H6/c1-6-8-13-29(3)26-32(7-2)44(34-23-24-36-35-14-9-11-16-39(35)43(4,5)40(36)28-34)33-21-18-30(19-22-33)31-20-25-42-38(27-31)37-15-10-12-17-41(37)45-42;1-3-5-4-2;1-2/h6-25,27-28H,26H2,1-5H3;3-5H,1H2,2H3;1-2H3/b8-6-,29-13+,32-7+;5-4-;. The molecule has 6 aromatic rings. The molecule has 5 aromatic carbocycles. The third-order valence-corrected chi connectivity index (χ3v) is 9.64. The molecule has 1 aliphatic rings. The summed E-state index contributed by atoms with van der Waals surface area (Å²) >= 11 is 0. The van der Waals surface area contributed by atoms with Gasteiger partial charge < -0.3 is 9.32 Å². The highest BCUT2D eigenvalue weighted by Crippen LogP contribution is 2.50. The average Bonchev–Trinajstić information content (AvgIpc) is 3.66. The molecule has 0 radical (unpaired) electrons. The van der Waals surface area contributed by atoms with Crippen molar-refractivity contribution in [2.24, 2.45) is 0 Å². The van der Waals surface area contributed by atoms with Crippen LogP contribution in [-0.2, 0) is 5.41 Å². The normalized spacial score (nSPS) is 13.4. The number of anilines is 2. The lowest BCUT2D eigenvalue weighted by Gasteiger charge is -2.30. The van der Waals surface area contributed by atoms with Gasteiger partial charge >= 0.3 is 0 Å². The molecule has 0 amide bonds. The minimum Gasteiger partial charge on any atom is -0.456 e. The largest absolute Gasteiger partial charge is 0.456 e. The highest BCUT2D eigenvalue weighted by Gasteiger charge is 2.35. The average molecular weight is 684 g/mol. The second-order valence-corrected chi connectivity index (χ2v) is 13.3. The number of para-hydroxylation sites is 1. The summed E-state index contributed by atoms with van der Waals surface area (Å²) in [6.07, 6.45) is 15.1. The van der Waals surface area contributed by atoms with Crippen LogP contribution in [0.15, 0.2) is 174 Å². The third kappa shape index (κ3) is 7.67. The van der Waals surface area contributed by atoms with Crippen LogP contribution in [0.3, 0.4) is 0 Å². The first-order valence-corrected chi connectivity index (χ1v) is 18.5. The Morgan fingerprint density at radius 3 is 2.00 bits per heavy atom. The van der Waals surface area contributed by atoms with Gasteiger partial charge in [0.15, 0.2) is 0 Å². The van der Waals surface area contributed by atoms with E-state index in [1.165, 1.54) is 50.3 Å². The number of hydrogen-bond acceptors (Lipinski definition) is 2. The molecule has 2 heteroatoms. The Bertz CT molecular complexity index is 2270. The van der Waals surface area contributed by atoms with Crippen molar-refractivity contribution in [2.45, 2.75) is 67.2 Å². The lowest BCUT2D eigenvalue weighted by molar-refractivity contribution is 0.660. The summed E-state index contributed by atoms with van der Waals surface area (Å²) in [5.74, 6) is 0. The van der Waals surface area contributed by atoms with E-state index in [-0.39, 0.29) is 5.41 Å². The number of hydrogen-bond donors (Lipinski definition) is 0. The van der Waals surface area contributed by atoms with Crippen LogP contribution >= 0.6 is 0 Å². The van der Waals surface area contributed by atoms with Gasteiger partial charge in [0, 0.05) is 39.7 Å². The number of nitrogens with zero attached hydrogens (tertiary/aromatic N) is 1. The van der Waals surface area contributed by atoms with Crippen LogP contribution in [0.4, 0.5) is 11.4 Å². The molecular formula is C50H53NO. The van der Waals surface area contributed by atoms with E-state index in [0.29, 0.717) is 0 Å². The van der Waals surface area contributed by atoms with Gasteiger partial charge in [0.2, 0.25) is 0 Å². The van der Waals surface area contributed by atoms with Crippen LogP contribution in [0.2, 0.25) is 0 Å². The van der Waals surface area contributed by atoms with Crippen LogP contribution < -0.4 is 4.90 Å². The molecule has 2 nitrogen and oxygen atoms in total. The number of rotatable bonds is 8. The number of allylic oxidation sites excluding steroid dienone is 8. The number of furan rings is 1. The van der Waals surface area contributed by atoms with Gasteiger partial charge in [-0.15, -0.1) is 0 Å². The van der Waals surface area contributed by atoms with Crippen molar-refractivity contribution >= 4 is 33.3 Å². The van der Waals surface area contributed by atoms with Crippen molar-refractivity contribution in [1.29, 1.82) is 0 Å². The zero-order valence-corrected chi connectivity index (χ0v) is 32.2. The molecule has 0 fully saturated rings. The van der Waals surface area contributed by atoms with E-state index in [0.717, 1.165) is 34.0 Å². The SMILES string of the molecule is C/C=C\C=C(/C)C/C(=C\C)N(c1ccc(-c2ccc3oc4ccccc4c3c2)cc1)c1ccc2c(c1)C(C)(C)c1ccccc1-2.C=C/C=C\C.CC. The number of fused-ring (bicyclic) bond motifs is 6. The molecule has 0 saturated heterocycles. The van der Waals surface area contributed by atoms with Crippen molar-refractivity contribution in [3.05, 3.63) is 181 Å². The van der Waals surface area contributed by atoms with E-state index in [4.69, 9.17) is 4.42 Å². The monoisotopic (exact) mass is 683 g/mol.